The van der Waals surface area contributed by atoms with Crippen LogP contribution in [-0.2, 0) is 4.79 Å². The molecule has 0 aromatic rings. The van der Waals surface area contributed by atoms with E-state index in [2.05, 4.69) is 20.4 Å². The predicted octanol–water partition coefficient (Wildman–Crippen LogP) is 2.32. The number of carbonyl (C=O) groups is 1. The van der Waals surface area contributed by atoms with Gasteiger partial charge in [-0.3, -0.25) is 4.79 Å². The van der Waals surface area contributed by atoms with E-state index in [0.717, 1.165) is 18.9 Å². The second kappa shape index (κ2) is 7.62. The lowest BCUT2D eigenvalue weighted by atomic mass is 9.71. The summed E-state index contributed by atoms with van der Waals surface area (Å²) in [5.74, 6) is -0.0169. The van der Waals surface area contributed by atoms with Crippen molar-refractivity contribution in [1.82, 2.24) is 0 Å². The van der Waals surface area contributed by atoms with E-state index in [9.17, 15) is 15.0 Å². The normalized spacial score (nSPS) is 18.2. The second-order valence-electron chi connectivity index (χ2n) is 5.00. The fraction of sp³-hybridized carbons (Fsp3) is 0.786. The van der Waals surface area contributed by atoms with Crippen LogP contribution in [0.25, 0.3) is 0 Å². The van der Waals surface area contributed by atoms with Crippen molar-refractivity contribution in [3.63, 3.8) is 0 Å². The van der Waals surface area contributed by atoms with E-state index < -0.39 is 17.3 Å². The van der Waals surface area contributed by atoms with Crippen molar-refractivity contribution < 1.29 is 15.0 Å². The number of rotatable bonds is 9. The van der Waals surface area contributed by atoms with E-state index in [1.54, 1.807) is 0 Å². The van der Waals surface area contributed by atoms with Crippen molar-refractivity contribution in [2.45, 2.75) is 52.6 Å². The van der Waals surface area contributed by atoms with Gasteiger partial charge in [-0.1, -0.05) is 40.2 Å². The van der Waals surface area contributed by atoms with Crippen molar-refractivity contribution in [2.24, 2.45) is 11.3 Å². The van der Waals surface area contributed by atoms with Crippen LogP contribution in [0.5, 0.6) is 0 Å². The molecule has 0 rings (SSSR count). The van der Waals surface area contributed by atoms with Gasteiger partial charge >= 0.3 is 0 Å². The van der Waals surface area contributed by atoms with Crippen LogP contribution < -0.4 is 0 Å². The van der Waals surface area contributed by atoms with E-state index in [1.807, 2.05) is 6.92 Å². The van der Waals surface area contributed by atoms with Crippen molar-refractivity contribution in [1.29, 1.82) is 0 Å². The molecule has 0 aliphatic heterocycles. The molecule has 0 aromatic heterocycles. The summed E-state index contributed by atoms with van der Waals surface area (Å²) in [7, 11) is 0. The SMILES string of the molecule is C=CC(=O)C(O)C(CO)(CCC)CC(C)CC. The Hall–Kier alpha value is -0.670. The van der Waals surface area contributed by atoms with Crippen LogP contribution >= 0.6 is 0 Å². The van der Waals surface area contributed by atoms with Gasteiger partial charge in [0.1, 0.15) is 6.10 Å². The van der Waals surface area contributed by atoms with Gasteiger partial charge in [0.15, 0.2) is 5.78 Å². The molecule has 3 unspecified atom stereocenters. The Labute approximate surface area is 105 Å². The lowest BCUT2D eigenvalue weighted by molar-refractivity contribution is -0.133. The Morgan fingerprint density at radius 1 is 1.47 bits per heavy atom. The molecular weight excluding hydrogens is 216 g/mol. The van der Waals surface area contributed by atoms with E-state index >= 15 is 0 Å². The van der Waals surface area contributed by atoms with Gasteiger partial charge in [-0.15, -0.1) is 0 Å². The lowest BCUT2D eigenvalue weighted by Gasteiger charge is -2.37. The average Bonchev–Trinajstić information content (AvgIpc) is 2.35. The lowest BCUT2D eigenvalue weighted by Crippen LogP contribution is -2.44. The van der Waals surface area contributed by atoms with Gasteiger partial charge in [-0.25, -0.2) is 0 Å². The highest BCUT2D eigenvalue weighted by Gasteiger charge is 2.40. The molecule has 0 spiro atoms. The minimum absolute atomic E-state index is 0.161. The molecule has 0 saturated carbocycles. The zero-order valence-electron chi connectivity index (χ0n) is 11.3. The quantitative estimate of drug-likeness (QED) is 0.610. The average molecular weight is 242 g/mol. The summed E-state index contributed by atoms with van der Waals surface area (Å²) < 4.78 is 0. The topological polar surface area (TPSA) is 57.5 Å². The zero-order valence-corrected chi connectivity index (χ0v) is 11.3. The standard InChI is InChI=1S/C14H26O3/c1-5-8-14(10-15,9-11(4)6-2)13(17)12(16)7-3/h7,11,13,15,17H,3,5-6,8-10H2,1-2,4H3. The van der Waals surface area contributed by atoms with Gasteiger partial charge in [0, 0.05) is 5.41 Å². The van der Waals surface area contributed by atoms with E-state index in [-0.39, 0.29) is 6.61 Å². The van der Waals surface area contributed by atoms with Crippen molar-refractivity contribution >= 4 is 5.78 Å². The summed E-state index contributed by atoms with van der Waals surface area (Å²) >= 11 is 0. The number of aliphatic hydroxyl groups is 2. The van der Waals surface area contributed by atoms with Crippen molar-refractivity contribution in [3.05, 3.63) is 12.7 Å². The monoisotopic (exact) mass is 242 g/mol. The van der Waals surface area contributed by atoms with Gasteiger partial charge in [0.05, 0.1) is 6.61 Å². The third-order valence-corrected chi connectivity index (χ3v) is 3.57. The maximum Gasteiger partial charge on any atom is 0.184 e. The summed E-state index contributed by atoms with van der Waals surface area (Å²) in [5.41, 5.74) is -0.713. The maximum atomic E-state index is 11.6. The number of ketones is 1. The van der Waals surface area contributed by atoms with Crippen LogP contribution in [0, 0.1) is 11.3 Å². The number of aliphatic hydroxyl groups excluding tert-OH is 2. The first kappa shape index (κ1) is 16.3. The van der Waals surface area contributed by atoms with E-state index in [1.165, 1.54) is 0 Å². The first-order chi connectivity index (χ1) is 7.97. The fourth-order valence-corrected chi connectivity index (χ4v) is 2.33. The number of carbonyl (C=O) groups excluding carboxylic acids is 1. The second-order valence-corrected chi connectivity index (χ2v) is 5.00. The molecule has 0 bridgehead atoms. The first-order valence-corrected chi connectivity index (χ1v) is 6.42. The molecule has 3 nitrogen and oxygen atoms in total. The number of hydrogen-bond acceptors (Lipinski definition) is 3. The third kappa shape index (κ3) is 4.25. The van der Waals surface area contributed by atoms with Gasteiger partial charge in [0.2, 0.25) is 0 Å². The largest absolute Gasteiger partial charge is 0.396 e. The Kier molecular flexibility index (Phi) is 7.32. The Balaban J connectivity index is 5.04. The third-order valence-electron chi connectivity index (χ3n) is 3.57. The molecule has 3 heteroatoms. The summed E-state index contributed by atoms with van der Waals surface area (Å²) in [4.78, 5) is 11.6. The molecule has 0 aliphatic rings. The first-order valence-electron chi connectivity index (χ1n) is 6.42. The van der Waals surface area contributed by atoms with Gasteiger partial charge in [0.25, 0.3) is 0 Å². The Morgan fingerprint density at radius 3 is 2.41 bits per heavy atom. The van der Waals surface area contributed by atoms with Crippen molar-refractivity contribution in [3.8, 4) is 0 Å². The maximum absolute atomic E-state index is 11.6. The minimum atomic E-state index is -1.14. The molecule has 0 amide bonds. The van der Waals surface area contributed by atoms with Crippen LogP contribution in [0.4, 0.5) is 0 Å². The Morgan fingerprint density at radius 2 is 2.06 bits per heavy atom. The highest BCUT2D eigenvalue weighted by Crippen LogP contribution is 2.36. The molecule has 100 valence electrons. The zero-order chi connectivity index (χ0) is 13.5. The van der Waals surface area contributed by atoms with Crippen LogP contribution in [0.1, 0.15) is 46.5 Å². The molecule has 0 saturated heterocycles. The van der Waals surface area contributed by atoms with Crippen LogP contribution in [0.3, 0.4) is 0 Å². The highest BCUT2D eigenvalue weighted by atomic mass is 16.3. The molecule has 3 atom stereocenters. The summed E-state index contributed by atoms with van der Waals surface area (Å²) in [5, 5.41) is 19.7. The predicted molar refractivity (Wildman–Crippen MR) is 69.7 cm³/mol. The van der Waals surface area contributed by atoms with Crippen LogP contribution in [0.2, 0.25) is 0 Å². The summed E-state index contributed by atoms with van der Waals surface area (Å²) in [6.07, 6.45) is 3.11. The van der Waals surface area contributed by atoms with E-state index in [0.29, 0.717) is 18.8 Å². The smallest absolute Gasteiger partial charge is 0.184 e. The molecular formula is C14H26O3. The summed E-state index contributed by atoms with van der Waals surface area (Å²) in [6, 6.07) is 0. The molecule has 0 heterocycles. The molecule has 0 fully saturated rings. The van der Waals surface area contributed by atoms with Crippen molar-refractivity contribution in [2.75, 3.05) is 6.61 Å². The molecule has 17 heavy (non-hydrogen) atoms. The van der Waals surface area contributed by atoms with E-state index in [4.69, 9.17) is 0 Å². The van der Waals surface area contributed by atoms with Gasteiger partial charge < -0.3 is 10.2 Å². The fourth-order valence-electron chi connectivity index (χ4n) is 2.33. The van der Waals surface area contributed by atoms with Crippen LogP contribution in [-0.4, -0.2) is 28.7 Å². The molecule has 2 N–H and O–H groups in total. The van der Waals surface area contributed by atoms with Crippen LogP contribution in [0.15, 0.2) is 12.7 Å². The minimum Gasteiger partial charge on any atom is -0.396 e. The highest BCUT2D eigenvalue weighted by molar-refractivity contribution is 5.93. The Bertz CT molecular complexity index is 250. The van der Waals surface area contributed by atoms with Gasteiger partial charge in [-0.2, -0.15) is 0 Å². The summed E-state index contributed by atoms with van der Waals surface area (Å²) in [6.45, 7) is 9.37. The molecule has 0 radical (unpaired) electrons. The number of hydrogen-bond donors (Lipinski definition) is 2. The molecule has 0 aromatic carbocycles. The molecule has 0 aliphatic carbocycles. The van der Waals surface area contributed by atoms with Gasteiger partial charge in [-0.05, 0) is 24.8 Å².